The molecule has 1 unspecified atom stereocenters. The summed E-state index contributed by atoms with van der Waals surface area (Å²) in [6.07, 6.45) is 2.66. The topological polar surface area (TPSA) is 97.4 Å². The maximum absolute atomic E-state index is 12.7. The van der Waals surface area contributed by atoms with E-state index < -0.39 is 11.8 Å². The lowest BCUT2D eigenvalue weighted by molar-refractivity contribution is 0.0950. The number of benzene rings is 1. The Balaban J connectivity index is 1.48. The molecule has 1 aliphatic rings. The first-order valence-corrected chi connectivity index (χ1v) is 13.0. The van der Waals surface area contributed by atoms with Crippen LogP contribution < -0.4 is 16.4 Å². The van der Waals surface area contributed by atoms with E-state index in [2.05, 4.69) is 31.4 Å². The molecule has 0 fully saturated rings. The fourth-order valence-corrected chi connectivity index (χ4v) is 6.37. The highest BCUT2D eigenvalue weighted by Gasteiger charge is 2.33. The number of nitrogens with two attached hydrogens (primary N) is 1. The molecule has 0 saturated heterocycles. The Morgan fingerprint density at radius 1 is 1.20 bits per heavy atom. The van der Waals surface area contributed by atoms with Gasteiger partial charge in [0, 0.05) is 15.5 Å². The van der Waals surface area contributed by atoms with Crippen LogP contribution in [0.4, 0.5) is 5.00 Å². The lowest BCUT2D eigenvalue weighted by Gasteiger charge is -2.33. The van der Waals surface area contributed by atoms with Gasteiger partial charge < -0.3 is 15.5 Å². The number of thiophene rings is 1. The van der Waals surface area contributed by atoms with Crippen molar-refractivity contribution < 1.29 is 14.0 Å². The van der Waals surface area contributed by atoms with Crippen molar-refractivity contribution in [2.24, 2.45) is 17.1 Å². The highest BCUT2D eigenvalue weighted by molar-refractivity contribution is 7.80. The molecule has 2 amide bonds. The van der Waals surface area contributed by atoms with Crippen molar-refractivity contribution in [1.82, 2.24) is 5.32 Å². The van der Waals surface area contributed by atoms with Gasteiger partial charge in [-0.2, -0.15) is 0 Å². The molecule has 184 valence electrons. The lowest BCUT2D eigenvalue weighted by atomic mass is 9.72. The summed E-state index contributed by atoms with van der Waals surface area (Å²) in [6.45, 7) is 6.70. The molecule has 0 aliphatic heterocycles. The van der Waals surface area contributed by atoms with E-state index >= 15 is 0 Å². The molecule has 0 radical (unpaired) electrons. The Hall–Kier alpha value is -2.39. The first-order chi connectivity index (χ1) is 16.4. The highest BCUT2D eigenvalue weighted by atomic mass is 35.5. The van der Waals surface area contributed by atoms with Crippen LogP contribution in [0.5, 0.6) is 0 Å². The molecule has 0 spiro atoms. The molecule has 3 aromatic rings. The van der Waals surface area contributed by atoms with Crippen molar-refractivity contribution >= 4 is 68.7 Å². The van der Waals surface area contributed by atoms with Crippen LogP contribution in [-0.4, -0.2) is 16.9 Å². The molecule has 2 aromatic heterocycles. The first-order valence-electron chi connectivity index (χ1n) is 11.1. The Kier molecular flexibility index (Phi) is 7.29. The van der Waals surface area contributed by atoms with E-state index in [1.54, 1.807) is 24.3 Å². The number of anilines is 1. The predicted molar refractivity (Wildman–Crippen MR) is 146 cm³/mol. The molecular formula is C25H25Cl2N3O3S2. The van der Waals surface area contributed by atoms with Crippen LogP contribution in [0.1, 0.15) is 58.5 Å². The molecule has 0 saturated carbocycles. The largest absolute Gasteiger partial charge is 0.451 e. The minimum atomic E-state index is -0.534. The van der Waals surface area contributed by atoms with Crippen molar-refractivity contribution in [1.29, 1.82) is 0 Å². The van der Waals surface area contributed by atoms with Crippen molar-refractivity contribution in [3.8, 4) is 11.3 Å². The summed E-state index contributed by atoms with van der Waals surface area (Å²) < 4.78 is 5.68. The van der Waals surface area contributed by atoms with Crippen LogP contribution in [0.15, 0.2) is 34.7 Å². The molecule has 4 rings (SSSR count). The standard InChI is InChI=1S/C25H25Cl2N3O3S2/c1-25(2,3)12-4-6-15-19(10-12)35-23(20(15)21(28)31)30-24(34)29-22(32)18-9-8-17(33-18)14-7-5-13(26)11-16(14)27/h5,7-9,11-12H,4,6,10H2,1-3H3,(H2,28,31)(H2,29,30,32,34). The molecule has 1 atom stereocenters. The second kappa shape index (κ2) is 9.93. The molecule has 4 N–H and O–H groups in total. The molecular weight excluding hydrogens is 525 g/mol. The summed E-state index contributed by atoms with van der Waals surface area (Å²) in [5.41, 5.74) is 7.93. The van der Waals surface area contributed by atoms with Crippen molar-refractivity contribution in [3.63, 3.8) is 0 Å². The first kappa shape index (κ1) is 25.7. The minimum absolute atomic E-state index is 0.0472. The average molecular weight is 551 g/mol. The van der Waals surface area contributed by atoms with Gasteiger partial charge in [-0.3, -0.25) is 14.9 Å². The third-order valence-corrected chi connectivity index (χ3v) is 8.14. The second-order valence-electron chi connectivity index (χ2n) is 9.57. The van der Waals surface area contributed by atoms with Gasteiger partial charge in [-0.1, -0.05) is 44.0 Å². The summed E-state index contributed by atoms with van der Waals surface area (Å²) in [5, 5.41) is 7.10. The van der Waals surface area contributed by atoms with E-state index in [4.69, 9.17) is 45.6 Å². The zero-order valence-corrected chi connectivity index (χ0v) is 22.6. The zero-order valence-electron chi connectivity index (χ0n) is 19.5. The Bertz CT molecular complexity index is 1320. The van der Waals surface area contributed by atoms with Crippen LogP contribution in [0.3, 0.4) is 0 Å². The number of halogens is 2. The zero-order chi connectivity index (χ0) is 25.5. The minimum Gasteiger partial charge on any atom is -0.451 e. The van der Waals surface area contributed by atoms with Gasteiger partial charge >= 0.3 is 0 Å². The van der Waals surface area contributed by atoms with E-state index in [9.17, 15) is 9.59 Å². The number of furan rings is 1. The predicted octanol–water partition coefficient (Wildman–Crippen LogP) is 6.69. The molecule has 10 heteroatoms. The Morgan fingerprint density at radius 2 is 1.94 bits per heavy atom. The SMILES string of the molecule is CC(C)(C)C1CCc2c(sc(NC(=S)NC(=O)c3ccc(-c4ccc(Cl)cc4Cl)o3)c2C(N)=O)C1. The van der Waals surface area contributed by atoms with Gasteiger partial charge in [-0.15, -0.1) is 11.3 Å². The maximum Gasteiger partial charge on any atom is 0.293 e. The molecule has 6 nitrogen and oxygen atoms in total. The Labute approximate surface area is 223 Å². The van der Waals surface area contributed by atoms with Crippen LogP contribution in [-0.2, 0) is 12.8 Å². The number of hydrogen-bond donors (Lipinski definition) is 3. The number of primary amides is 1. The molecule has 1 aromatic carbocycles. The van der Waals surface area contributed by atoms with Crippen molar-refractivity contribution in [2.45, 2.75) is 40.0 Å². The third-order valence-electron chi connectivity index (χ3n) is 6.22. The molecule has 1 aliphatic carbocycles. The monoisotopic (exact) mass is 549 g/mol. The number of fused-ring (bicyclic) bond motifs is 1. The maximum atomic E-state index is 12.7. The summed E-state index contributed by atoms with van der Waals surface area (Å²) in [4.78, 5) is 26.1. The second-order valence-corrected chi connectivity index (χ2v) is 11.9. The van der Waals surface area contributed by atoms with Crippen LogP contribution in [0.25, 0.3) is 11.3 Å². The van der Waals surface area contributed by atoms with Gasteiger partial charge in [0.1, 0.15) is 10.8 Å². The van der Waals surface area contributed by atoms with E-state index in [1.165, 1.54) is 17.4 Å². The number of rotatable bonds is 4. The number of carbonyl (C=O) groups excluding carboxylic acids is 2. The van der Waals surface area contributed by atoms with Gasteiger partial charge in [0.15, 0.2) is 10.9 Å². The number of carbonyl (C=O) groups is 2. The van der Waals surface area contributed by atoms with Crippen molar-refractivity contribution in [3.05, 3.63) is 62.1 Å². The Morgan fingerprint density at radius 3 is 2.60 bits per heavy atom. The number of hydrogen-bond acceptors (Lipinski definition) is 5. The fraction of sp³-hybridized carbons (Fsp3) is 0.320. The number of nitrogens with one attached hydrogen (secondary N) is 2. The average Bonchev–Trinajstić information content (AvgIpc) is 3.37. The van der Waals surface area contributed by atoms with Crippen molar-refractivity contribution in [2.75, 3.05) is 5.32 Å². The fourth-order valence-electron chi connectivity index (χ4n) is 4.27. The molecule has 0 bridgehead atoms. The van der Waals surface area contributed by atoms with Crippen LogP contribution in [0.2, 0.25) is 10.0 Å². The van der Waals surface area contributed by atoms with Crippen LogP contribution >= 0.6 is 46.8 Å². The molecule has 35 heavy (non-hydrogen) atoms. The van der Waals surface area contributed by atoms with Gasteiger partial charge in [-0.25, -0.2) is 0 Å². The summed E-state index contributed by atoms with van der Waals surface area (Å²) in [7, 11) is 0. The molecule has 2 heterocycles. The lowest BCUT2D eigenvalue weighted by Crippen LogP contribution is -2.34. The van der Waals surface area contributed by atoms with Gasteiger partial charge in [0.05, 0.1) is 10.6 Å². The summed E-state index contributed by atoms with van der Waals surface area (Å²) >= 11 is 19.0. The highest BCUT2D eigenvalue weighted by Crippen LogP contribution is 2.44. The van der Waals surface area contributed by atoms with E-state index in [-0.39, 0.29) is 16.3 Å². The quantitative estimate of drug-likeness (QED) is 0.315. The number of thiocarbonyl (C=S) groups is 1. The summed E-state index contributed by atoms with van der Waals surface area (Å²) in [5.74, 6) is -0.0524. The van der Waals surface area contributed by atoms with Gasteiger partial charge in [0.2, 0.25) is 0 Å². The number of amides is 2. The van der Waals surface area contributed by atoms with E-state index in [1.807, 2.05) is 0 Å². The smallest absolute Gasteiger partial charge is 0.293 e. The van der Waals surface area contributed by atoms with Gasteiger partial charge in [0.25, 0.3) is 11.8 Å². The van der Waals surface area contributed by atoms with Crippen LogP contribution in [0, 0.1) is 11.3 Å². The van der Waals surface area contributed by atoms with E-state index in [0.29, 0.717) is 37.9 Å². The van der Waals surface area contributed by atoms with E-state index in [0.717, 1.165) is 29.7 Å². The normalized spacial score (nSPS) is 15.4. The third kappa shape index (κ3) is 5.56. The summed E-state index contributed by atoms with van der Waals surface area (Å²) in [6, 6.07) is 8.17. The van der Waals surface area contributed by atoms with Gasteiger partial charge in [-0.05, 0) is 78.7 Å².